The molecule has 1 N–H and O–H groups in total. The standard InChI is InChI=1S/C17H21NO5/c1-12(17(21)18-14-4-2-3-5-14)23-16(20)11-22-15-8-6-13(10-19)7-9-15/h6-10,12,14H,2-5,11H2,1H3,(H,18,21)/t12-/m0/s1. The lowest BCUT2D eigenvalue weighted by atomic mass is 10.2. The summed E-state index contributed by atoms with van der Waals surface area (Å²) >= 11 is 0. The van der Waals surface area contributed by atoms with Gasteiger partial charge in [0.25, 0.3) is 5.91 Å². The second-order valence-electron chi connectivity index (χ2n) is 5.60. The molecule has 2 rings (SSSR count). The van der Waals surface area contributed by atoms with Crippen LogP contribution in [-0.4, -0.2) is 36.9 Å². The Labute approximate surface area is 135 Å². The smallest absolute Gasteiger partial charge is 0.344 e. The van der Waals surface area contributed by atoms with Crippen molar-refractivity contribution in [2.45, 2.75) is 44.8 Å². The van der Waals surface area contributed by atoms with Crippen LogP contribution >= 0.6 is 0 Å². The minimum atomic E-state index is -0.843. The van der Waals surface area contributed by atoms with Gasteiger partial charge in [-0.2, -0.15) is 0 Å². The van der Waals surface area contributed by atoms with Crippen molar-refractivity contribution in [1.82, 2.24) is 5.32 Å². The number of carbonyl (C=O) groups is 3. The molecule has 1 fully saturated rings. The van der Waals surface area contributed by atoms with Gasteiger partial charge in [0.05, 0.1) is 0 Å². The van der Waals surface area contributed by atoms with Gasteiger partial charge in [0.15, 0.2) is 12.7 Å². The molecule has 1 atom stereocenters. The summed E-state index contributed by atoms with van der Waals surface area (Å²) in [5, 5.41) is 2.88. The average Bonchev–Trinajstić information content (AvgIpc) is 3.06. The predicted molar refractivity (Wildman–Crippen MR) is 83.3 cm³/mol. The van der Waals surface area contributed by atoms with Crippen LogP contribution in [0.15, 0.2) is 24.3 Å². The van der Waals surface area contributed by atoms with Crippen molar-refractivity contribution in [1.29, 1.82) is 0 Å². The molecule has 0 saturated heterocycles. The topological polar surface area (TPSA) is 81.7 Å². The first-order valence-electron chi connectivity index (χ1n) is 7.76. The molecule has 6 nitrogen and oxygen atoms in total. The Morgan fingerprint density at radius 3 is 2.52 bits per heavy atom. The van der Waals surface area contributed by atoms with Crippen LogP contribution in [0.25, 0.3) is 0 Å². The lowest BCUT2D eigenvalue weighted by Gasteiger charge is -2.17. The van der Waals surface area contributed by atoms with Gasteiger partial charge in [-0.1, -0.05) is 12.8 Å². The van der Waals surface area contributed by atoms with E-state index in [0.29, 0.717) is 11.3 Å². The van der Waals surface area contributed by atoms with E-state index in [2.05, 4.69) is 5.32 Å². The van der Waals surface area contributed by atoms with Crippen molar-refractivity contribution in [3.05, 3.63) is 29.8 Å². The van der Waals surface area contributed by atoms with E-state index in [0.717, 1.165) is 32.0 Å². The third-order valence-corrected chi connectivity index (χ3v) is 3.75. The summed E-state index contributed by atoms with van der Waals surface area (Å²) in [4.78, 5) is 34.2. The van der Waals surface area contributed by atoms with Gasteiger partial charge in [-0.15, -0.1) is 0 Å². The van der Waals surface area contributed by atoms with Crippen molar-refractivity contribution < 1.29 is 23.9 Å². The summed E-state index contributed by atoms with van der Waals surface area (Å²) in [5.74, 6) is -0.435. The first-order valence-corrected chi connectivity index (χ1v) is 7.76. The normalized spacial score (nSPS) is 15.7. The third-order valence-electron chi connectivity index (χ3n) is 3.75. The first kappa shape index (κ1) is 17.0. The van der Waals surface area contributed by atoms with E-state index in [4.69, 9.17) is 9.47 Å². The molecule has 124 valence electrons. The Bertz CT molecular complexity index is 549. The van der Waals surface area contributed by atoms with Crippen LogP contribution in [0.1, 0.15) is 43.0 Å². The Balaban J connectivity index is 1.72. The molecule has 0 aromatic heterocycles. The molecule has 1 saturated carbocycles. The minimum absolute atomic E-state index is 0.191. The Morgan fingerprint density at radius 2 is 1.91 bits per heavy atom. The zero-order valence-corrected chi connectivity index (χ0v) is 13.1. The van der Waals surface area contributed by atoms with Crippen molar-refractivity contribution in [3.8, 4) is 5.75 Å². The molecular formula is C17H21NO5. The molecule has 0 heterocycles. The highest BCUT2D eigenvalue weighted by Gasteiger charge is 2.23. The number of rotatable bonds is 7. The van der Waals surface area contributed by atoms with E-state index in [9.17, 15) is 14.4 Å². The van der Waals surface area contributed by atoms with E-state index >= 15 is 0 Å². The third kappa shape index (κ3) is 5.39. The zero-order chi connectivity index (χ0) is 16.7. The maximum Gasteiger partial charge on any atom is 0.344 e. The number of ether oxygens (including phenoxy) is 2. The predicted octanol–water partition coefficient (Wildman–Crippen LogP) is 1.87. The molecule has 1 aliphatic carbocycles. The summed E-state index contributed by atoms with van der Waals surface area (Å²) in [6, 6.07) is 6.55. The van der Waals surface area contributed by atoms with Crippen LogP contribution in [0.3, 0.4) is 0 Å². The number of nitrogens with one attached hydrogen (secondary N) is 1. The van der Waals surface area contributed by atoms with Gasteiger partial charge < -0.3 is 14.8 Å². The van der Waals surface area contributed by atoms with Gasteiger partial charge in [0.1, 0.15) is 12.0 Å². The Morgan fingerprint density at radius 1 is 1.26 bits per heavy atom. The molecule has 1 aromatic carbocycles. The van der Waals surface area contributed by atoms with Gasteiger partial charge in [-0.3, -0.25) is 9.59 Å². The second kappa shape index (κ2) is 8.31. The van der Waals surface area contributed by atoms with Crippen LogP contribution in [0.2, 0.25) is 0 Å². The fourth-order valence-electron chi connectivity index (χ4n) is 2.46. The molecular weight excluding hydrogens is 298 g/mol. The minimum Gasteiger partial charge on any atom is -0.482 e. The van der Waals surface area contributed by atoms with E-state index in [-0.39, 0.29) is 18.6 Å². The number of amides is 1. The summed E-state index contributed by atoms with van der Waals surface area (Å²) in [6.45, 7) is 1.25. The van der Waals surface area contributed by atoms with Gasteiger partial charge in [0.2, 0.25) is 0 Å². The molecule has 0 radical (unpaired) electrons. The van der Waals surface area contributed by atoms with Gasteiger partial charge in [-0.05, 0) is 44.0 Å². The van der Waals surface area contributed by atoms with Crippen molar-refractivity contribution in [3.63, 3.8) is 0 Å². The first-order chi connectivity index (χ1) is 11.1. The summed E-state index contributed by atoms with van der Waals surface area (Å²) in [7, 11) is 0. The Kier molecular flexibility index (Phi) is 6.14. The van der Waals surface area contributed by atoms with Crippen LogP contribution in [-0.2, 0) is 14.3 Å². The molecule has 1 aliphatic rings. The second-order valence-corrected chi connectivity index (χ2v) is 5.60. The number of aldehydes is 1. The van der Waals surface area contributed by atoms with Gasteiger partial charge in [-0.25, -0.2) is 4.79 Å². The summed E-state index contributed by atoms with van der Waals surface area (Å²) in [6.07, 6.45) is 4.08. The van der Waals surface area contributed by atoms with E-state index in [1.165, 1.54) is 0 Å². The van der Waals surface area contributed by atoms with Crippen LogP contribution in [0.5, 0.6) is 5.75 Å². The number of benzene rings is 1. The zero-order valence-electron chi connectivity index (χ0n) is 13.1. The average molecular weight is 319 g/mol. The molecule has 1 aromatic rings. The molecule has 6 heteroatoms. The van der Waals surface area contributed by atoms with Crippen LogP contribution in [0.4, 0.5) is 0 Å². The quantitative estimate of drug-likeness (QED) is 0.613. The van der Waals surface area contributed by atoms with Crippen molar-refractivity contribution >= 4 is 18.2 Å². The highest BCUT2D eigenvalue weighted by atomic mass is 16.6. The number of esters is 1. The highest BCUT2D eigenvalue weighted by molar-refractivity contribution is 5.84. The highest BCUT2D eigenvalue weighted by Crippen LogP contribution is 2.17. The van der Waals surface area contributed by atoms with Gasteiger partial charge >= 0.3 is 5.97 Å². The molecule has 0 aliphatic heterocycles. The van der Waals surface area contributed by atoms with E-state index < -0.39 is 12.1 Å². The maximum atomic E-state index is 11.9. The molecule has 0 bridgehead atoms. The molecule has 0 spiro atoms. The van der Waals surface area contributed by atoms with Gasteiger partial charge in [0, 0.05) is 11.6 Å². The fourth-order valence-corrected chi connectivity index (χ4v) is 2.46. The number of hydrogen-bond donors (Lipinski definition) is 1. The van der Waals surface area contributed by atoms with Crippen LogP contribution < -0.4 is 10.1 Å². The maximum absolute atomic E-state index is 11.9. The monoisotopic (exact) mass is 319 g/mol. The lowest BCUT2D eigenvalue weighted by Crippen LogP contribution is -2.41. The Hall–Kier alpha value is -2.37. The van der Waals surface area contributed by atoms with E-state index in [1.807, 2.05) is 0 Å². The summed E-state index contributed by atoms with van der Waals surface area (Å²) < 4.78 is 10.3. The van der Waals surface area contributed by atoms with Crippen molar-refractivity contribution in [2.75, 3.05) is 6.61 Å². The molecule has 23 heavy (non-hydrogen) atoms. The van der Waals surface area contributed by atoms with E-state index in [1.54, 1.807) is 31.2 Å². The van der Waals surface area contributed by atoms with Crippen molar-refractivity contribution in [2.24, 2.45) is 0 Å². The lowest BCUT2D eigenvalue weighted by molar-refractivity contribution is -0.156. The SMILES string of the molecule is C[C@H](OC(=O)COc1ccc(C=O)cc1)C(=O)NC1CCCC1. The number of hydrogen-bond acceptors (Lipinski definition) is 5. The van der Waals surface area contributed by atoms with Crippen LogP contribution in [0, 0.1) is 0 Å². The summed E-state index contributed by atoms with van der Waals surface area (Å²) in [5.41, 5.74) is 0.525. The fraction of sp³-hybridized carbons (Fsp3) is 0.471. The molecule has 1 amide bonds. The molecule has 0 unspecified atom stereocenters. The largest absolute Gasteiger partial charge is 0.482 e. The number of carbonyl (C=O) groups excluding carboxylic acids is 3.